The van der Waals surface area contributed by atoms with Crippen LogP contribution in [0.4, 0.5) is 4.39 Å². The van der Waals surface area contributed by atoms with E-state index in [1.54, 1.807) is 0 Å². The molecule has 0 fully saturated rings. The van der Waals surface area contributed by atoms with Crippen LogP contribution in [0.2, 0.25) is 0 Å². The van der Waals surface area contributed by atoms with Crippen LogP contribution >= 0.6 is 27.5 Å². The van der Waals surface area contributed by atoms with E-state index < -0.39 is 17.2 Å². The Morgan fingerprint density at radius 2 is 2.27 bits per heavy atom. The lowest BCUT2D eigenvalue weighted by Gasteiger charge is -2.08. The standard InChI is InChI=1S/C9H7BrClFO3/c10-5-1-6(12)3-7(2-5)15-4-8(11)9(13)14/h1-3,8H,4H2,(H,13,14). The summed E-state index contributed by atoms with van der Waals surface area (Å²) in [7, 11) is 0. The Bertz CT molecular complexity index is 352. The summed E-state index contributed by atoms with van der Waals surface area (Å²) in [5, 5.41) is 7.33. The Balaban J connectivity index is 2.61. The fourth-order valence-electron chi connectivity index (χ4n) is 0.853. The molecular weight excluding hydrogens is 290 g/mol. The number of hydrogen-bond acceptors (Lipinski definition) is 2. The van der Waals surface area contributed by atoms with Crippen molar-refractivity contribution in [1.29, 1.82) is 0 Å². The molecule has 0 heterocycles. The Labute approximate surface area is 98.9 Å². The van der Waals surface area contributed by atoms with Crippen molar-refractivity contribution < 1.29 is 19.0 Å². The van der Waals surface area contributed by atoms with E-state index >= 15 is 0 Å². The first-order valence-electron chi connectivity index (χ1n) is 3.95. The van der Waals surface area contributed by atoms with Crippen LogP contribution in [-0.4, -0.2) is 23.1 Å². The molecule has 1 aromatic rings. The van der Waals surface area contributed by atoms with Gasteiger partial charge in [0.05, 0.1) is 0 Å². The zero-order valence-corrected chi connectivity index (χ0v) is 9.76. The van der Waals surface area contributed by atoms with Crippen molar-refractivity contribution in [2.75, 3.05) is 6.61 Å². The molecule has 3 nitrogen and oxygen atoms in total. The van der Waals surface area contributed by atoms with E-state index in [4.69, 9.17) is 21.4 Å². The molecule has 1 N–H and O–H groups in total. The number of hydrogen-bond donors (Lipinski definition) is 1. The Kier molecular flexibility index (Phi) is 4.35. The SMILES string of the molecule is O=C(O)C(Cl)COc1cc(F)cc(Br)c1. The number of benzene rings is 1. The lowest BCUT2D eigenvalue weighted by molar-refractivity contribution is -0.137. The predicted molar refractivity (Wildman–Crippen MR) is 56.9 cm³/mol. The van der Waals surface area contributed by atoms with Gasteiger partial charge in [-0.15, -0.1) is 11.6 Å². The van der Waals surface area contributed by atoms with Crippen LogP contribution in [-0.2, 0) is 4.79 Å². The number of alkyl halides is 1. The molecule has 1 atom stereocenters. The third-order valence-electron chi connectivity index (χ3n) is 1.50. The molecule has 0 amide bonds. The first kappa shape index (κ1) is 12.3. The predicted octanol–water partition coefficient (Wildman–Crippen LogP) is 2.66. The fraction of sp³-hybridized carbons (Fsp3) is 0.222. The highest BCUT2D eigenvalue weighted by atomic mass is 79.9. The number of carboxylic acid groups (broad SMARTS) is 1. The van der Waals surface area contributed by atoms with E-state index in [9.17, 15) is 9.18 Å². The van der Waals surface area contributed by atoms with Crippen molar-refractivity contribution in [3.63, 3.8) is 0 Å². The fourth-order valence-corrected chi connectivity index (χ4v) is 1.36. The number of halogens is 3. The highest BCUT2D eigenvalue weighted by Gasteiger charge is 2.14. The van der Waals surface area contributed by atoms with Gasteiger partial charge in [-0.25, -0.2) is 4.39 Å². The summed E-state index contributed by atoms with van der Waals surface area (Å²) in [4.78, 5) is 10.4. The molecule has 1 unspecified atom stereocenters. The molecule has 0 bridgehead atoms. The summed E-state index contributed by atoms with van der Waals surface area (Å²) in [6.45, 7) is -0.215. The van der Waals surface area contributed by atoms with Gasteiger partial charge in [-0.2, -0.15) is 0 Å². The third kappa shape index (κ3) is 4.05. The van der Waals surface area contributed by atoms with E-state index in [1.807, 2.05) is 0 Å². The topological polar surface area (TPSA) is 46.5 Å². The Hall–Kier alpha value is -0.810. The molecule has 0 radical (unpaired) electrons. The number of carbonyl (C=O) groups is 1. The highest BCUT2D eigenvalue weighted by molar-refractivity contribution is 9.10. The molecule has 1 rings (SSSR count). The first-order valence-corrected chi connectivity index (χ1v) is 5.18. The molecule has 1 aromatic carbocycles. The zero-order valence-electron chi connectivity index (χ0n) is 7.41. The molecule has 0 aromatic heterocycles. The molecule has 0 saturated carbocycles. The summed E-state index contributed by atoms with van der Waals surface area (Å²) >= 11 is 8.49. The van der Waals surface area contributed by atoms with Gasteiger partial charge < -0.3 is 9.84 Å². The smallest absolute Gasteiger partial charge is 0.325 e. The number of aliphatic carboxylic acids is 1. The maximum absolute atomic E-state index is 12.9. The summed E-state index contributed by atoms with van der Waals surface area (Å²) in [6.07, 6.45) is 0. The quantitative estimate of drug-likeness (QED) is 0.869. The van der Waals surface area contributed by atoms with Crippen LogP contribution in [0.15, 0.2) is 22.7 Å². The average molecular weight is 298 g/mol. The van der Waals surface area contributed by atoms with Gasteiger partial charge in [-0.3, -0.25) is 4.79 Å². The second-order valence-corrected chi connectivity index (χ2v) is 4.16. The second kappa shape index (κ2) is 5.32. The van der Waals surface area contributed by atoms with Crippen LogP contribution in [0.1, 0.15) is 0 Å². The second-order valence-electron chi connectivity index (χ2n) is 2.72. The minimum absolute atomic E-state index is 0.215. The van der Waals surface area contributed by atoms with Crippen molar-refractivity contribution in [1.82, 2.24) is 0 Å². The highest BCUT2D eigenvalue weighted by Crippen LogP contribution is 2.20. The minimum atomic E-state index is -1.17. The number of rotatable bonds is 4. The van der Waals surface area contributed by atoms with E-state index in [-0.39, 0.29) is 12.4 Å². The average Bonchev–Trinajstić information content (AvgIpc) is 2.12. The monoisotopic (exact) mass is 296 g/mol. The molecule has 0 aliphatic carbocycles. The Morgan fingerprint density at radius 1 is 1.60 bits per heavy atom. The molecule has 6 heteroatoms. The third-order valence-corrected chi connectivity index (χ3v) is 2.27. The van der Waals surface area contributed by atoms with Gasteiger partial charge in [0.1, 0.15) is 18.2 Å². The van der Waals surface area contributed by atoms with E-state index in [0.29, 0.717) is 4.47 Å². The summed E-state index contributed by atoms with van der Waals surface area (Å²) in [6, 6.07) is 3.94. The van der Waals surface area contributed by atoms with Crippen molar-refractivity contribution in [2.45, 2.75) is 5.38 Å². The lowest BCUT2D eigenvalue weighted by Crippen LogP contribution is -2.21. The van der Waals surface area contributed by atoms with Crippen LogP contribution < -0.4 is 4.74 Å². The van der Waals surface area contributed by atoms with E-state index in [1.165, 1.54) is 12.1 Å². The maximum atomic E-state index is 12.9. The van der Waals surface area contributed by atoms with Gasteiger partial charge in [0.25, 0.3) is 0 Å². The molecular formula is C9H7BrClFO3. The molecule has 0 aliphatic rings. The van der Waals surface area contributed by atoms with E-state index in [2.05, 4.69) is 15.9 Å². The van der Waals surface area contributed by atoms with Crippen molar-refractivity contribution in [3.05, 3.63) is 28.5 Å². The molecule has 0 spiro atoms. The molecule has 15 heavy (non-hydrogen) atoms. The van der Waals surface area contributed by atoms with Crippen molar-refractivity contribution in [2.24, 2.45) is 0 Å². The summed E-state index contributed by atoms with van der Waals surface area (Å²) in [5.74, 6) is -1.42. The van der Waals surface area contributed by atoms with Gasteiger partial charge in [0, 0.05) is 10.5 Å². The van der Waals surface area contributed by atoms with Crippen molar-refractivity contribution in [3.8, 4) is 5.75 Å². The number of carboxylic acids is 1. The van der Waals surface area contributed by atoms with Crippen LogP contribution in [0.5, 0.6) is 5.75 Å². The van der Waals surface area contributed by atoms with Gasteiger partial charge >= 0.3 is 5.97 Å². The molecule has 82 valence electrons. The summed E-state index contributed by atoms with van der Waals surface area (Å²) in [5.41, 5.74) is 0. The van der Waals surface area contributed by atoms with Gasteiger partial charge in [-0.1, -0.05) is 15.9 Å². The van der Waals surface area contributed by atoms with Gasteiger partial charge in [-0.05, 0) is 12.1 Å². The van der Waals surface area contributed by atoms with E-state index in [0.717, 1.165) is 6.07 Å². The zero-order chi connectivity index (χ0) is 11.4. The molecule has 0 aliphatic heterocycles. The Morgan fingerprint density at radius 3 is 2.80 bits per heavy atom. The van der Waals surface area contributed by atoms with Gasteiger partial charge in [0.15, 0.2) is 5.38 Å². The first-order chi connectivity index (χ1) is 6.99. The largest absolute Gasteiger partial charge is 0.491 e. The molecule has 0 saturated heterocycles. The summed E-state index contributed by atoms with van der Waals surface area (Å²) < 4.78 is 18.4. The van der Waals surface area contributed by atoms with Crippen LogP contribution in [0, 0.1) is 5.82 Å². The van der Waals surface area contributed by atoms with Crippen molar-refractivity contribution >= 4 is 33.5 Å². The van der Waals surface area contributed by atoms with Gasteiger partial charge in [0.2, 0.25) is 0 Å². The lowest BCUT2D eigenvalue weighted by atomic mass is 10.3. The van der Waals surface area contributed by atoms with Crippen LogP contribution in [0.25, 0.3) is 0 Å². The maximum Gasteiger partial charge on any atom is 0.325 e. The minimum Gasteiger partial charge on any atom is -0.491 e. The van der Waals surface area contributed by atoms with Crippen LogP contribution in [0.3, 0.4) is 0 Å². The normalized spacial score (nSPS) is 12.2. The number of ether oxygens (including phenoxy) is 1.